The van der Waals surface area contributed by atoms with Crippen molar-refractivity contribution in [1.29, 1.82) is 0 Å². The first-order chi connectivity index (χ1) is 11.7. The second-order valence-electron chi connectivity index (χ2n) is 6.13. The summed E-state index contributed by atoms with van der Waals surface area (Å²) in [5, 5.41) is 0. The summed E-state index contributed by atoms with van der Waals surface area (Å²) < 4.78 is 4.93. The molecular formula is C20H21NO3. The number of esters is 1. The van der Waals surface area contributed by atoms with Crippen LogP contribution in [0.2, 0.25) is 0 Å². The van der Waals surface area contributed by atoms with Gasteiger partial charge in [0, 0.05) is 13.1 Å². The van der Waals surface area contributed by atoms with E-state index in [-0.39, 0.29) is 17.8 Å². The Morgan fingerprint density at radius 2 is 1.62 bits per heavy atom. The molecule has 1 aliphatic rings. The minimum atomic E-state index is -0.411. The molecule has 1 fully saturated rings. The van der Waals surface area contributed by atoms with Crippen LogP contribution in [-0.4, -0.2) is 30.4 Å². The van der Waals surface area contributed by atoms with Crippen LogP contribution in [0.4, 0.5) is 0 Å². The van der Waals surface area contributed by atoms with Gasteiger partial charge < -0.3 is 9.64 Å². The predicted octanol–water partition coefficient (Wildman–Crippen LogP) is 2.68. The molecule has 4 nitrogen and oxygen atoms in total. The lowest BCUT2D eigenvalue weighted by molar-refractivity contribution is -0.147. The molecule has 1 amide bonds. The van der Waals surface area contributed by atoms with Gasteiger partial charge in [0.15, 0.2) is 0 Å². The van der Waals surface area contributed by atoms with Gasteiger partial charge in [-0.25, -0.2) is 0 Å². The average molecular weight is 323 g/mol. The van der Waals surface area contributed by atoms with Crippen molar-refractivity contribution in [2.75, 3.05) is 13.7 Å². The van der Waals surface area contributed by atoms with Crippen LogP contribution in [0.25, 0.3) is 0 Å². The molecule has 0 aromatic heterocycles. The Bertz CT molecular complexity index is 699. The molecule has 1 saturated heterocycles. The summed E-state index contributed by atoms with van der Waals surface area (Å²) in [6, 6.07) is 19.7. The van der Waals surface area contributed by atoms with E-state index >= 15 is 0 Å². The van der Waals surface area contributed by atoms with Gasteiger partial charge in [0.05, 0.1) is 18.9 Å². The van der Waals surface area contributed by atoms with E-state index in [1.54, 1.807) is 4.90 Å². The van der Waals surface area contributed by atoms with Crippen molar-refractivity contribution in [3.63, 3.8) is 0 Å². The molecule has 0 bridgehead atoms. The third kappa shape index (κ3) is 3.48. The van der Waals surface area contributed by atoms with Crippen LogP contribution >= 0.6 is 0 Å². The largest absolute Gasteiger partial charge is 0.469 e. The normalized spacial score (nSPS) is 20.2. The molecule has 1 heterocycles. The van der Waals surface area contributed by atoms with E-state index in [2.05, 4.69) is 0 Å². The number of carbonyl (C=O) groups excluding carboxylic acids is 2. The van der Waals surface area contributed by atoms with Crippen LogP contribution in [-0.2, 0) is 27.3 Å². The van der Waals surface area contributed by atoms with Crippen molar-refractivity contribution in [1.82, 2.24) is 4.90 Å². The number of likely N-dealkylation sites (tertiary alicyclic amines) is 1. The highest BCUT2D eigenvalue weighted by atomic mass is 16.5. The fraction of sp³-hybridized carbons (Fsp3) is 0.300. The maximum absolute atomic E-state index is 12.9. The Morgan fingerprint density at radius 3 is 2.21 bits per heavy atom. The number of rotatable bonds is 5. The highest BCUT2D eigenvalue weighted by Crippen LogP contribution is 2.30. The van der Waals surface area contributed by atoms with Crippen molar-refractivity contribution in [3.05, 3.63) is 71.8 Å². The molecule has 2 aromatic rings. The van der Waals surface area contributed by atoms with Crippen LogP contribution in [0.1, 0.15) is 11.1 Å². The third-order valence-corrected chi connectivity index (χ3v) is 4.55. The number of carbonyl (C=O) groups is 2. The van der Waals surface area contributed by atoms with Gasteiger partial charge in [-0.3, -0.25) is 9.59 Å². The first-order valence-corrected chi connectivity index (χ1v) is 8.13. The van der Waals surface area contributed by atoms with Gasteiger partial charge in [-0.15, -0.1) is 0 Å². The zero-order valence-corrected chi connectivity index (χ0v) is 13.7. The second kappa shape index (κ2) is 7.30. The van der Waals surface area contributed by atoms with Crippen LogP contribution < -0.4 is 0 Å². The third-order valence-electron chi connectivity index (χ3n) is 4.55. The van der Waals surface area contributed by atoms with Crippen molar-refractivity contribution >= 4 is 11.9 Å². The predicted molar refractivity (Wildman–Crippen MR) is 91.0 cm³/mol. The van der Waals surface area contributed by atoms with Crippen molar-refractivity contribution in [2.45, 2.75) is 13.0 Å². The quantitative estimate of drug-likeness (QED) is 0.795. The van der Waals surface area contributed by atoms with E-state index in [1.165, 1.54) is 7.11 Å². The minimum Gasteiger partial charge on any atom is -0.469 e. The molecule has 0 saturated carbocycles. The van der Waals surface area contributed by atoms with Gasteiger partial charge in [0.1, 0.15) is 0 Å². The molecule has 0 spiro atoms. The summed E-state index contributed by atoms with van der Waals surface area (Å²) in [6.07, 6.45) is 0.560. The summed E-state index contributed by atoms with van der Waals surface area (Å²) in [7, 11) is 1.38. The van der Waals surface area contributed by atoms with Crippen molar-refractivity contribution in [3.8, 4) is 0 Å². The van der Waals surface area contributed by atoms with Crippen molar-refractivity contribution < 1.29 is 14.3 Å². The molecule has 3 rings (SSSR count). The Balaban J connectivity index is 1.79. The molecule has 2 aromatic carbocycles. The molecule has 0 unspecified atom stereocenters. The molecule has 124 valence electrons. The lowest BCUT2D eigenvalue weighted by Gasteiger charge is -2.16. The van der Waals surface area contributed by atoms with E-state index in [1.807, 2.05) is 60.7 Å². The topological polar surface area (TPSA) is 46.6 Å². The Hall–Kier alpha value is -2.62. The summed E-state index contributed by atoms with van der Waals surface area (Å²) in [5.41, 5.74) is 2.13. The molecule has 0 aliphatic carbocycles. The van der Waals surface area contributed by atoms with E-state index in [0.717, 1.165) is 11.1 Å². The number of hydrogen-bond acceptors (Lipinski definition) is 3. The zero-order chi connectivity index (χ0) is 16.9. The average Bonchev–Trinajstić information content (AvgIpc) is 2.92. The van der Waals surface area contributed by atoms with Gasteiger partial charge in [-0.2, -0.15) is 0 Å². The van der Waals surface area contributed by atoms with E-state index in [0.29, 0.717) is 19.5 Å². The maximum atomic E-state index is 12.9. The number of benzene rings is 2. The summed E-state index contributed by atoms with van der Waals surface area (Å²) in [4.78, 5) is 26.8. The summed E-state index contributed by atoms with van der Waals surface area (Å²) in [6.45, 7) is 0.941. The van der Waals surface area contributed by atoms with Crippen LogP contribution in [0.5, 0.6) is 0 Å². The molecule has 1 aliphatic heterocycles. The van der Waals surface area contributed by atoms with Crippen molar-refractivity contribution in [2.24, 2.45) is 11.8 Å². The molecule has 24 heavy (non-hydrogen) atoms. The number of methoxy groups -OCH3 is 1. The lowest BCUT2D eigenvalue weighted by atomic mass is 9.89. The molecule has 2 atom stereocenters. The molecular weight excluding hydrogens is 302 g/mol. The van der Waals surface area contributed by atoms with Crippen LogP contribution in [0.15, 0.2) is 60.7 Å². The van der Waals surface area contributed by atoms with E-state index in [9.17, 15) is 9.59 Å². The van der Waals surface area contributed by atoms with Gasteiger partial charge in [0.25, 0.3) is 0 Å². The smallest absolute Gasteiger partial charge is 0.311 e. The van der Waals surface area contributed by atoms with Gasteiger partial charge in [0.2, 0.25) is 5.91 Å². The number of amides is 1. The highest BCUT2D eigenvalue weighted by Gasteiger charge is 2.44. The van der Waals surface area contributed by atoms with Gasteiger partial charge >= 0.3 is 5.97 Å². The van der Waals surface area contributed by atoms with Gasteiger partial charge in [-0.05, 0) is 17.5 Å². The van der Waals surface area contributed by atoms with Crippen LogP contribution in [0.3, 0.4) is 0 Å². The fourth-order valence-electron chi connectivity index (χ4n) is 3.30. The first-order valence-electron chi connectivity index (χ1n) is 8.13. The SMILES string of the molecule is COC(=O)[C@H]1CN(Cc2ccccc2)C(=O)[C@@H]1Cc1ccccc1. The second-order valence-corrected chi connectivity index (χ2v) is 6.13. The fourth-order valence-corrected chi connectivity index (χ4v) is 3.30. The number of hydrogen-bond donors (Lipinski definition) is 0. The van der Waals surface area contributed by atoms with E-state index in [4.69, 9.17) is 4.74 Å². The Kier molecular flexibility index (Phi) is 4.94. The molecule has 0 radical (unpaired) electrons. The summed E-state index contributed by atoms with van der Waals surface area (Å²) in [5.74, 6) is -1.05. The minimum absolute atomic E-state index is 0.0260. The summed E-state index contributed by atoms with van der Waals surface area (Å²) >= 11 is 0. The number of ether oxygens (including phenoxy) is 1. The Morgan fingerprint density at radius 1 is 1.04 bits per heavy atom. The molecule has 4 heteroatoms. The first kappa shape index (κ1) is 16.2. The lowest BCUT2D eigenvalue weighted by Crippen LogP contribution is -2.28. The Labute approximate surface area is 142 Å². The zero-order valence-electron chi connectivity index (χ0n) is 13.7. The van der Waals surface area contributed by atoms with Crippen LogP contribution in [0, 0.1) is 11.8 Å². The number of nitrogens with zero attached hydrogens (tertiary/aromatic N) is 1. The highest BCUT2D eigenvalue weighted by molar-refractivity contribution is 5.89. The standard InChI is InChI=1S/C20H21NO3/c1-24-20(23)18-14-21(13-16-10-6-3-7-11-16)19(22)17(18)12-15-8-4-2-5-9-15/h2-11,17-18H,12-14H2,1H3/t17-,18+/m1/s1. The monoisotopic (exact) mass is 323 g/mol. The maximum Gasteiger partial charge on any atom is 0.311 e. The van der Waals surface area contributed by atoms with E-state index < -0.39 is 5.92 Å². The van der Waals surface area contributed by atoms with Gasteiger partial charge in [-0.1, -0.05) is 60.7 Å². The molecule has 0 N–H and O–H groups in total.